The Balaban J connectivity index is 2.20. The first-order chi connectivity index (χ1) is 23.4. The molecule has 1 aliphatic heterocycles. The summed E-state index contributed by atoms with van der Waals surface area (Å²) in [6.45, 7) is 4.49. The van der Waals surface area contributed by atoms with Gasteiger partial charge in [-0.3, -0.25) is 4.79 Å². The summed E-state index contributed by atoms with van der Waals surface area (Å²) in [6, 6.07) is 0. The molecular formula is C39H74O9. The molecule has 4 N–H and O–H groups in total. The fourth-order valence-electron chi connectivity index (χ4n) is 6.01. The van der Waals surface area contributed by atoms with Crippen LogP contribution in [-0.4, -0.2) is 89.6 Å². The Kier molecular flexibility index (Phi) is 29.9. The Morgan fingerprint density at radius 3 is 1.69 bits per heavy atom. The van der Waals surface area contributed by atoms with Gasteiger partial charge in [0.15, 0.2) is 6.29 Å². The number of aliphatic hydroxyl groups excluding tert-OH is 4. The third kappa shape index (κ3) is 23.4. The molecule has 0 spiro atoms. The molecular weight excluding hydrogens is 612 g/mol. The molecule has 6 unspecified atom stereocenters. The number of ether oxygens (including phenoxy) is 4. The first-order valence-electron chi connectivity index (χ1n) is 19.8. The molecule has 1 rings (SSSR count). The quantitative estimate of drug-likeness (QED) is 0.0311. The molecule has 0 saturated carbocycles. The van der Waals surface area contributed by atoms with Crippen LogP contribution < -0.4 is 0 Å². The average Bonchev–Trinajstić information content (AvgIpc) is 3.08. The second-order valence-electron chi connectivity index (χ2n) is 13.7. The van der Waals surface area contributed by atoms with E-state index >= 15 is 0 Å². The van der Waals surface area contributed by atoms with E-state index in [1.54, 1.807) is 0 Å². The third-order valence-corrected chi connectivity index (χ3v) is 9.18. The first kappa shape index (κ1) is 45.0. The summed E-state index contributed by atoms with van der Waals surface area (Å²) < 4.78 is 22.6. The Bertz CT molecular complexity index is 747. The van der Waals surface area contributed by atoms with Gasteiger partial charge in [0, 0.05) is 13.0 Å². The van der Waals surface area contributed by atoms with Crippen LogP contribution in [0.25, 0.3) is 0 Å². The van der Waals surface area contributed by atoms with Gasteiger partial charge in [0.2, 0.25) is 0 Å². The molecule has 0 aromatic carbocycles. The molecule has 9 nitrogen and oxygen atoms in total. The van der Waals surface area contributed by atoms with Gasteiger partial charge >= 0.3 is 5.97 Å². The van der Waals surface area contributed by atoms with Gasteiger partial charge in [-0.05, 0) is 38.5 Å². The number of carbonyl (C=O) groups excluding carboxylic acids is 1. The molecule has 0 aliphatic carbocycles. The summed E-state index contributed by atoms with van der Waals surface area (Å²) in [5, 5.41) is 39.8. The van der Waals surface area contributed by atoms with E-state index in [9.17, 15) is 25.2 Å². The minimum absolute atomic E-state index is 0.111. The number of esters is 1. The molecule has 0 radical (unpaired) electrons. The van der Waals surface area contributed by atoms with Crippen LogP contribution in [0, 0.1) is 0 Å². The van der Waals surface area contributed by atoms with Crippen molar-refractivity contribution in [2.24, 2.45) is 0 Å². The molecule has 284 valence electrons. The molecule has 0 aromatic heterocycles. The monoisotopic (exact) mass is 687 g/mol. The standard InChI is InChI=1S/C39H74O9/c1-3-5-7-9-11-12-13-14-15-16-17-18-19-20-21-22-23-25-27-29-45-31-33(47-35(41)28-26-24-10-8-6-4-2)32-46-39-38(44)37(43)36(42)34(30-40)48-39/h15-16,33-34,36-40,42-44H,3-14,17-32H2,1-2H3/b16-15-. The predicted octanol–water partition coefficient (Wildman–Crippen LogP) is 7.69. The van der Waals surface area contributed by atoms with Crippen molar-refractivity contribution in [1.29, 1.82) is 0 Å². The van der Waals surface area contributed by atoms with E-state index in [1.807, 2.05) is 0 Å². The summed E-state index contributed by atoms with van der Waals surface area (Å²) in [5.41, 5.74) is 0. The number of carbonyl (C=O) groups is 1. The topological polar surface area (TPSA) is 135 Å². The van der Waals surface area contributed by atoms with Gasteiger partial charge in [0.05, 0.1) is 19.8 Å². The normalized spacial score (nSPS) is 22.0. The summed E-state index contributed by atoms with van der Waals surface area (Å²) in [6.07, 6.45) is 25.5. The number of hydrogen-bond donors (Lipinski definition) is 4. The Labute approximate surface area is 293 Å². The molecule has 9 heteroatoms. The van der Waals surface area contributed by atoms with Crippen LogP contribution >= 0.6 is 0 Å². The molecule has 6 atom stereocenters. The van der Waals surface area contributed by atoms with E-state index in [-0.39, 0.29) is 19.2 Å². The van der Waals surface area contributed by atoms with Crippen LogP contribution in [0.15, 0.2) is 12.2 Å². The number of rotatable bonds is 33. The van der Waals surface area contributed by atoms with Crippen LogP contribution in [0.1, 0.15) is 168 Å². The smallest absolute Gasteiger partial charge is 0.306 e. The Morgan fingerprint density at radius 1 is 0.646 bits per heavy atom. The first-order valence-corrected chi connectivity index (χ1v) is 19.8. The van der Waals surface area contributed by atoms with Crippen LogP contribution in [0.4, 0.5) is 0 Å². The van der Waals surface area contributed by atoms with E-state index in [1.165, 1.54) is 116 Å². The average molecular weight is 687 g/mol. The lowest BCUT2D eigenvalue weighted by atomic mass is 9.99. The molecule has 1 aliphatic rings. The maximum absolute atomic E-state index is 12.5. The lowest BCUT2D eigenvalue weighted by Crippen LogP contribution is -2.59. The zero-order valence-electron chi connectivity index (χ0n) is 30.7. The zero-order chi connectivity index (χ0) is 35.1. The lowest BCUT2D eigenvalue weighted by Gasteiger charge is -2.39. The molecule has 1 saturated heterocycles. The third-order valence-electron chi connectivity index (χ3n) is 9.18. The zero-order valence-corrected chi connectivity index (χ0v) is 30.7. The van der Waals surface area contributed by atoms with Crippen molar-refractivity contribution < 1.29 is 44.2 Å². The van der Waals surface area contributed by atoms with Gasteiger partial charge in [-0.2, -0.15) is 0 Å². The second-order valence-corrected chi connectivity index (χ2v) is 13.7. The Morgan fingerprint density at radius 2 is 1.15 bits per heavy atom. The van der Waals surface area contributed by atoms with Crippen LogP contribution in [0.5, 0.6) is 0 Å². The summed E-state index contributed by atoms with van der Waals surface area (Å²) in [7, 11) is 0. The van der Waals surface area contributed by atoms with Crippen molar-refractivity contribution in [1.82, 2.24) is 0 Å². The molecule has 0 bridgehead atoms. The highest BCUT2D eigenvalue weighted by Gasteiger charge is 2.44. The lowest BCUT2D eigenvalue weighted by molar-refractivity contribution is -0.305. The van der Waals surface area contributed by atoms with E-state index in [2.05, 4.69) is 26.0 Å². The fourth-order valence-corrected chi connectivity index (χ4v) is 6.01. The van der Waals surface area contributed by atoms with Crippen LogP contribution in [0.3, 0.4) is 0 Å². The van der Waals surface area contributed by atoms with Gasteiger partial charge in [0.1, 0.15) is 30.5 Å². The Hall–Kier alpha value is -1.07. The van der Waals surface area contributed by atoms with Gasteiger partial charge in [0.25, 0.3) is 0 Å². The second kappa shape index (κ2) is 31.9. The van der Waals surface area contributed by atoms with E-state index in [4.69, 9.17) is 18.9 Å². The maximum Gasteiger partial charge on any atom is 0.306 e. The molecule has 1 heterocycles. The molecule has 1 fully saturated rings. The summed E-state index contributed by atoms with van der Waals surface area (Å²) in [5.74, 6) is -0.323. The van der Waals surface area contributed by atoms with Crippen LogP contribution in [-0.2, 0) is 23.7 Å². The number of allylic oxidation sites excluding steroid dienone is 2. The van der Waals surface area contributed by atoms with Crippen molar-refractivity contribution in [3.63, 3.8) is 0 Å². The predicted molar refractivity (Wildman–Crippen MR) is 192 cm³/mol. The van der Waals surface area contributed by atoms with Gasteiger partial charge in [-0.1, -0.05) is 135 Å². The van der Waals surface area contributed by atoms with Gasteiger partial charge in [-0.25, -0.2) is 0 Å². The van der Waals surface area contributed by atoms with Crippen molar-refractivity contribution in [3.8, 4) is 0 Å². The van der Waals surface area contributed by atoms with E-state index in [0.29, 0.717) is 13.0 Å². The number of unbranched alkanes of at least 4 members (excludes halogenated alkanes) is 20. The minimum atomic E-state index is -1.53. The van der Waals surface area contributed by atoms with Crippen molar-refractivity contribution in [2.45, 2.75) is 205 Å². The molecule has 0 aromatic rings. The number of aliphatic hydroxyl groups is 4. The number of hydrogen-bond acceptors (Lipinski definition) is 9. The van der Waals surface area contributed by atoms with E-state index < -0.39 is 43.4 Å². The largest absolute Gasteiger partial charge is 0.457 e. The fraction of sp³-hybridized carbons (Fsp3) is 0.923. The molecule has 0 amide bonds. The van der Waals surface area contributed by atoms with Crippen molar-refractivity contribution in [2.75, 3.05) is 26.4 Å². The summed E-state index contributed by atoms with van der Waals surface area (Å²) in [4.78, 5) is 12.5. The van der Waals surface area contributed by atoms with Gasteiger partial charge in [-0.15, -0.1) is 0 Å². The summed E-state index contributed by atoms with van der Waals surface area (Å²) >= 11 is 0. The van der Waals surface area contributed by atoms with Crippen LogP contribution in [0.2, 0.25) is 0 Å². The maximum atomic E-state index is 12.5. The highest BCUT2D eigenvalue weighted by Crippen LogP contribution is 2.22. The minimum Gasteiger partial charge on any atom is -0.457 e. The molecule has 48 heavy (non-hydrogen) atoms. The van der Waals surface area contributed by atoms with Crippen molar-refractivity contribution >= 4 is 5.97 Å². The van der Waals surface area contributed by atoms with Gasteiger partial charge < -0.3 is 39.4 Å². The van der Waals surface area contributed by atoms with Crippen molar-refractivity contribution in [3.05, 3.63) is 12.2 Å². The highest BCUT2D eigenvalue weighted by molar-refractivity contribution is 5.69. The van der Waals surface area contributed by atoms with E-state index in [0.717, 1.165) is 32.1 Å². The highest BCUT2D eigenvalue weighted by atomic mass is 16.7. The SMILES string of the molecule is CCCCCCCCC/C=C\CCCCCCCCCCOCC(COC1OC(CO)C(O)C(O)C1O)OC(=O)CCCCCCCC.